The predicted molar refractivity (Wildman–Crippen MR) is 49.5 cm³/mol. The summed E-state index contributed by atoms with van der Waals surface area (Å²) in [5.74, 6) is 1.04. The zero-order valence-electron chi connectivity index (χ0n) is 7.17. The van der Waals surface area contributed by atoms with Crippen molar-refractivity contribution < 1.29 is 5.11 Å². The number of benzene rings is 1. The summed E-state index contributed by atoms with van der Waals surface area (Å²) in [6.07, 6.45) is 1.11. The summed E-state index contributed by atoms with van der Waals surface area (Å²) in [5, 5.41) is 12.5. The number of phenolic OH excluding ortho intramolecular Hbond substituents is 1. The lowest BCUT2D eigenvalue weighted by Gasteiger charge is -2.23. The average Bonchev–Trinajstić information content (AvgIpc) is 2.05. The first-order valence-electron chi connectivity index (χ1n) is 4.31. The monoisotopic (exact) mass is 163 g/mol. The Morgan fingerprint density at radius 3 is 3.17 bits per heavy atom. The van der Waals surface area contributed by atoms with Crippen LogP contribution in [0.1, 0.15) is 12.5 Å². The molecule has 2 N–H and O–H groups in total. The first kappa shape index (κ1) is 7.47. The van der Waals surface area contributed by atoms with E-state index in [1.54, 1.807) is 12.1 Å². The maximum Gasteiger partial charge on any atom is 0.117 e. The van der Waals surface area contributed by atoms with Gasteiger partial charge in [0.05, 0.1) is 0 Å². The van der Waals surface area contributed by atoms with Crippen LogP contribution in [0.2, 0.25) is 0 Å². The number of fused-ring (bicyclic) bond motifs is 1. The molecule has 1 atom stereocenters. The molecular formula is C10H13NO. The Morgan fingerprint density at radius 1 is 1.50 bits per heavy atom. The van der Waals surface area contributed by atoms with Crippen LogP contribution in [0.15, 0.2) is 18.2 Å². The highest BCUT2D eigenvalue weighted by Gasteiger charge is 2.13. The van der Waals surface area contributed by atoms with E-state index >= 15 is 0 Å². The number of nitrogens with one attached hydrogen (secondary N) is 1. The molecule has 64 valence electrons. The minimum absolute atomic E-state index is 0.343. The van der Waals surface area contributed by atoms with E-state index in [1.807, 2.05) is 6.07 Å². The highest BCUT2D eigenvalue weighted by atomic mass is 16.3. The van der Waals surface area contributed by atoms with Gasteiger partial charge in [-0.25, -0.2) is 0 Å². The van der Waals surface area contributed by atoms with E-state index in [9.17, 15) is 5.11 Å². The van der Waals surface area contributed by atoms with Gasteiger partial charge in [0.25, 0.3) is 0 Å². The Balaban J connectivity index is 2.37. The van der Waals surface area contributed by atoms with Crippen LogP contribution in [-0.2, 0) is 6.42 Å². The highest BCUT2D eigenvalue weighted by molar-refractivity contribution is 5.56. The zero-order valence-corrected chi connectivity index (χ0v) is 7.17. The van der Waals surface area contributed by atoms with Crippen molar-refractivity contribution >= 4 is 5.69 Å². The molecule has 0 fully saturated rings. The van der Waals surface area contributed by atoms with Crippen molar-refractivity contribution in [3.05, 3.63) is 23.8 Å². The van der Waals surface area contributed by atoms with Gasteiger partial charge in [-0.3, -0.25) is 0 Å². The van der Waals surface area contributed by atoms with Gasteiger partial charge in [-0.2, -0.15) is 0 Å². The number of anilines is 1. The van der Waals surface area contributed by atoms with Gasteiger partial charge in [0.2, 0.25) is 0 Å². The van der Waals surface area contributed by atoms with Gasteiger partial charge in [0.15, 0.2) is 0 Å². The topological polar surface area (TPSA) is 32.3 Å². The van der Waals surface area contributed by atoms with Crippen LogP contribution >= 0.6 is 0 Å². The molecule has 1 unspecified atom stereocenters. The molecule has 1 aromatic rings. The van der Waals surface area contributed by atoms with Crippen molar-refractivity contribution in [2.75, 3.05) is 11.9 Å². The van der Waals surface area contributed by atoms with Crippen LogP contribution in [0, 0.1) is 5.92 Å². The Bertz CT molecular complexity index is 296. The Morgan fingerprint density at radius 2 is 2.33 bits per heavy atom. The summed E-state index contributed by atoms with van der Waals surface area (Å²) in [6, 6.07) is 5.53. The summed E-state index contributed by atoms with van der Waals surface area (Å²) in [6.45, 7) is 3.24. The van der Waals surface area contributed by atoms with Crippen LogP contribution in [0.25, 0.3) is 0 Å². The predicted octanol–water partition coefficient (Wildman–Crippen LogP) is 2.00. The van der Waals surface area contributed by atoms with Gasteiger partial charge in [-0.05, 0) is 24.0 Å². The van der Waals surface area contributed by atoms with Crippen molar-refractivity contribution in [2.45, 2.75) is 13.3 Å². The van der Waals surface area contributed by atoms with Crippen LogP contribution in [0.4, 0.5) is 5.69 Å². The number of phenols is 1. The van der Waals surface area contributed by atoms with E-state index in [1.165, 1.54) is 5.56 Å². The molecule has 2 heteroatoms. The molecular weight excluding hydrogens is 150 g/mol. The lowest BCUT2D eigenvalue weighted by molar-refractivity contribution is 0.474. The third-order valence-electron chi connectivity index (χ3n) is 2.30. The SMILES string of the molecule is CC1CNc2cc(O)ccc2C1. The molecule has 0 spiro atoms. The first-order valence-corrected chi connectivity index (χ1v) is 4.31. The molecule has 0 aliphatic carbocycles. The molecule has 12 heavy (non-hydrogen) atoms. The van der Waals surface area contributed by atoms with Gasteiger partial charge < -0.3 is 10.4 Å². The average molecular weight is 163 g/mol. The first-order chi connectivity index (χ1) is 5.75. The molecule has 1 aromatic carbocycles. The number of hydrogen-bond acceptors (Lipinski definition) is 2. The van der Waals surface area contributed by atoms with E-state index in [0.29, 0.717) is 11.7 Å². The molecule has 1 aliphatic rings. The molecule has 0 aromatic heterocycles. The van der Waals surface area contributed by atoms with E-state index in [2.05, 4.69) is 12.2 Å². The molecule has 0 saturated carbocycles. The maximum absolute atomic E-state index is 9.21. The summed E-state index contributed by atoms with van der Waals surface area (Å²) in [4.78, 5) is 0. The second kappa shape index (κ2) is 2.70. The molecule has 1 heterocycles. The molecule has 0 bridgehead atoms. The number of rotatable bonds is 0. The van der Waals surface area contributed by atoms with Crippen LogP contribution in [0.5, 0.6) is 5.75 Å². The van der Waals surface area contributed by atoms with Crippen LogP contribution in [0.3, 0.4) is 0 Å². The lowest BCUT2D eigenvalue weighted by atomic mass is 9.95. The summed E-state index contributed by atoms with van der Waals surface area (Å²) >= 11 is 0. The fraction of sp³-hybridized carbons (Fsp3) is 0.400. The maximum atomic E-state index is 9.21. The second-order valence-corrected chi connectivity index (χ2v) is 3.53. The molecule has 0 saturated heterocycles. The van der Waals surface area contributed by atoms with Gasteiger partial charge in [0.1, 0.15) is 5.75 Å². The van der Waals surface area contributed by atoms with Gasteiger partial charge >= 0.3 is 0 Å². The van der Waals surface area contributed by atoms with E-state index in [0.717, 1.165) is 18.7 Å². The van der Waals surface area contributed by atoms with E-state index in [-0.39, 0.29) is 0 Å². The summed E-state index contributed by atoms with van der Waals surface area (Å²) < 4.78 is 0. The Kier molecular flexibility index (Phi) is 1.68. The molecule has 2 rings (SSSR count). The fourth-order valence-corrected chi connectivity index (χ4v) is 1.64. The fourth-order valence-electron chi connectivity index (χ4n) is 1.64. The minimum Gasteiger partial charge on any atom is -0.508 e. The molecule has 0 amide bonds. The summed E-state index contributed by atoms with van der Waals surface area (Å²) in [5.41, 5.74) is 2.40. The molecule has 0 radical (unpaired) electrons. The van der Waals surface area contributed by atoms with Crippen molar-refractivity contribution in [3.8, 4) is 5.75 Å². The van der Waals surface area contributed by atoms with E-state index < -0.39 is 0 Å². The van der Waals surface area contributed by atoms with E-state index in [4.69, 9.17) is 0 Å². The minimum atomic E-state index is 0.343. The summed E-state index contributed by atoms with van der Waals surface area (Å²) in [7, 11) is 0. The van der Waals surface area contributed by atoms with Crippen LogP contribution in [-0.4, -0.2) is 11.7 Å². The quantitative estimate of drug-likeness (QED) is 0.613. The number of aromatic hydroxyl groups is 1. The van der Waals surface area contributed by atoms with Crippen LogP contribution < -0.4 is 5.32 Å². The van der Waals surface area contributed by atoms with Crippen molar-refractivity contribution in [1.82, 2.24) is 0 Å². The standard InChI is InChI=1S/C10H13NO/c1-7-4-8-2-3-9(12)5-10(8)11-6-7/h2-3,5,7,11-12H,4,6H2,1H3. The van der Waals surface area contributed by atoms with Gasteiger partial charge in [0, 0.05) is 18.3 Å². The largest absolute Gasteiger partial charge is 0.508 e. The van der Waals surface area contributed by atoms with Crippen molar-refractivity contribution in [3.63, 3.8) is 0 Å². The van der Waals surface area contributed by atoms with Crippen molar-refractivity contribution in [2.24, 2.45) is 5.92 Å². The lowest BCUT2D eigenvalue weighted by Crippen LogP contribution is -2.20. The Labute approximate surface area is 72.2 Å². The second-order valence-electron chi connectivity index (χ2n) is 3.53. The number of hydrogen-bond donors (Lipinski definition) is 2. The third kappa shape index (κ3) is 1.24. The zero-order chi connectivity index (χ0) is 8.55. The normalized spacial score (nSPS) is 21.2. The van der Waals surface area contributed by atoms with Gasteiger partial charge in [-0.15, -0.1) is 0 Å². The smallest absolute Gasteiger partial charge is 0.117 e. The van der Waals surface area contributed by atoms with Crippen molar-refractivity contribution in [1.29, 1.82) is 0 Å². The molecule has 2 nitrogen and oxygen atoms in total. The third-order valence-corrected chi connectivity index (χ3v) is 2.30. The van der Waals surface area contributed by atoms with Gasteiger partial charge in [-0.1, -0.05) is 13.0 Å². The Hall–Kier alpha value is -1.18. The molecule has 1 aliphatic heterocycles. The highest BCUT2D eigenvalue weighted by Crippen LogP contribution is 2.27.